The van der Waals surface area contributed by atoms with Crippen LogP contribution in [0, 0.1) is 0 Å². The fraction of sp³-hybridized carbons (Fsp3) is 0.176. The molecule has 0 unspecified atom stereocenters. The van der Waals surface area contributed by atoms with Crippen molar-refractivity contribution in [2.45, 2.75) is 6.42 Å². The molecule has 24 heavy (non-hydrogen) atoms. The molecular weight excluding hydrogens is 373 g/mol. The molecule has 0 radical (unpaired) electrons. The van der Waals surface area contributed by atoms with Gasteiger partial charge in [0.25, 0.3) is 5.91 Å². The first kappa shape index (κ1) is 18.6. The van der Waals surface area contributed by atoms with Crippen LogP contribution in [0.2, 0.25) is 15.1 Å². The van der Waals surface area contributed by atoms with Crippen LogP contribution in [-0.2, 0) is 16.0 Å². The Bertz CT molecular complexity index is 732. The van der Waals surface area contributed by atoms with Gasteiger partial charge in [0, 0.05) is 11.6 Å². The van der Waals surface area contributed by atoms with E-state index in [1.807, 2.05) is 12.1 Å². The number of carbonyl (C=O) groups is 2. The van der Waals surface area contributed by atoms with Gasteiger partial charge in [-0.2, -0.15) is 0 Å². The molecule has 0 aliphatic carbocycles. The van der Waals surface area contributed by atoms with E-state index in [1.165, 1.54) is 18.2 Å². The summed E-state index contributed by atoms with van der Waals surface area (Å²) in [6.45, 7) is 0.0739. The minimum Gasteiger partial charge on any atom is -0.452 e. The van der Waals surface area contributed by atoms with Gasteiger partial charge in [-0.3, -0.25) is 4.79 Å². The van der Waals surface area contributed by atoms with Gasteiger partial charge in [-0.1, -0.05) is 46.9 Å². The highest BCUT2D eigenvalue weighted by Crippen LogP contribution is 2.22. The molecule has 7 heteroatoms. The number of amides is 1. The third kappa shape index (κ3) is 5.71. The van der Waals surface area contributed by atoms with Crippen LogP contribution in [-0.4, -0.2) is 25.0 Å². The molecule has 0 aliphatic heterocycles. The zero-order chi connectivity index (χ0) is 17.5. The summed E-state index contributed by atoms with van der Waals surface area (Å²) in [4.78, 5) is 23.5. The van der Waals surface area contributed by atoms with Crippen LogP contribution in [0.3, 0.4) is 0 Å². The van der Waals surface area contributed by atoms with E-state index in [9.17, 15) is 9.59 Å². The van der Waals surface area contributed by atoms with Crippen molar-refractivity contribution in [2.24, 2.45) is 0 Å². The molecular formula is C17H14Cl3NO3. The summed E-state index contributed by atoms with van der Waals surface area (Å²) in [7, 11) is 0. The Morgan fingerprint density at radius 2 is 1.67 bits per heavy atom. The van der Waals surface area contributed by atoms with Gasteiger partial charge in [0.2, 0.25) is 0 Å². The van der Waals surface area contributed by atoms with Gasteiger partial charge in [-0.15, -0.1) is 0 Å². The smallest absolute Gasteiger partial charge is 0.338 e. The maximum Gasteiger partial charge on any atom is 0.338 e. The number of halogens is 3. The van der Waals surface area contributed by atoms with Gasteiger partial charge < -0.3 is 10.1 Å². The number of carbonyl (C=O) groups excluding carboxylic acids is 2. The highest BCUT2D eigenvalue weighted by Gasteiger charge is 2.11. The maximum absolute atomic E-state index is 11.8. The predicted molar refractivity (Wildman–Crippen MR) is 94.9 cm³/mol. The second kappa shape index (κ2) is 8.92. The Labute approximate surface area is 154 Å². The van der Waals surface area contributed by atoms with Gasteiger partial charge in [-0.25, -0.2) is 4.79 Å². The topological polar surface area (TPSA) is 55.4 Å². The molecule has 2 rings (SSSR count). The summed E-state index contributed by atoms with van der Waals surface area (Å²) in [6, 6.07) is 11.7. The van der Waals surface area contributed by atoms with Crippen molar-refractivity contribution in [3.63, 3.8) is 0 Å². The number of hydrogen-bond acceptors (Lipinski definition) is 3. The lowest BCUT2D eigenvalue weighted by atomic mass is 10.1. The monoisotopic (exact) mass is 385 g/mol. The van der Waals surface area contributed by atoms with Crippen molar-refractivity contribution >= 4 is 46.7 Å². The van der Waals surface area contributed by atoms with E-state index in [1.54, 1.807) is 12.1 Å². The Hall–Kier alpha value is -1.75. The average molecular weight is 387 g/mol. The van der Waals surface area contributed by atoms with Gasteiger partial charge in [0.15, 0.2) is 6.61 Å². The van der Waals surface area contributed by atoms with E-state index < -0.39 is 5.97 Å². The van der Waals surface area contributed by atoms with Crippen LogP contribution in [0.25, 0.3) is 0 Å². The molecule has 0 fully saturated rings. The number of hydrogen-bond donors (Lipinski definition) is 1. The molecule has 0 saturated carbocycles. The van der Waals surface area contributed by atoms with Gasteiger partial charge in [-0.05, 0) is 42.3 Å². The zero-order valence-corrected chi connectivity index (χ0v) is 14.8. The highest BCUT2D eigenvalue weighted by atomic mass is 35.5. The van der Waals surface area contributed by atoms with Crippen molar-refractivity contribution in [3.8, 4) is 0 Å². The van der Waals surface area contributed by atoms with E-state index >= 15 is 0 Å². The molecule has 0 aliphatic rings. The summed E-state index contributed by atoms with van der Waals surface area (Å²) in [5, 5.41) is 3.93. The molecule has 0 aromatic heterocycles. The highest BCUT2D eigenvalue weighted by molar-refractivity contribution is 6.42. The fourth-order valence-electron chi connectivity index (χ4n) is 1.89. The van der Waals surface area contributed by atoms with Crippen molar-refractivity contribution in [2.75, 3.05) is 13.2 Å². The molecule has 4 nitrogen and oxygen atoms in total. The van der Waals surface area contributed by atoms with Crippen LogP contribution in [0.4, 0.5) is 0 Å². The second-order valence-electron chi connectivity index (χ2n) is 4.93. The molecule has 1 N–H and O–H groups in total. The molecule has 2 aromatic carbocycles. The fourth-order valence-corrected chi connectivity index (χ4v) is 2.31. The lowest BCUT2D eigenvalue weighted by Crippen LogP contribution is -2.30. The average Bonchev–Trinajstić information content (AvgIpc) is 2.57. The lowest BCUT2D eigenvalue weighted by Gasteiger charge is -2.07. The Morgan fingerprint density at radius 1 is 0.958 bits per heavy atom. The first-order valence-electron chi connectivity index (χ1n) is 7.09. The standard InChI is InChI=1S/C17H14Cl3NO3/c18-13-4-1-11(2-5-13)7-8-21-16(22)10-24-17(23)12-3-6-14(19)15(20)9-12/h1-6,9H,7-8,10H2,(H,21,22). The Balaban J connectivity index is 1.73. The molecule has 126 valence electrons. The van der Waals surface area contributed by atoms with Crippen LogP contribution in [0.1, 0.15) is 15.9 Å². The minimum absolute atomic E-state index is 0.235. The third-order valence-corrected chi connectivity index (χ3v) is 4.13. The van der Waals surface area contributed by atoms with E-state index in [0.29, 0.717) is 23.0 Å². The van der Waals surface area contributed by atoms with Gasteiger partial charge in [0.05, 0.1) is 15.6 Å². The van der Waals surface area contributed by atoms with E-state index in [2.05, 4.69) is 5.32 Å². The zero-order valence-electron chi connectivity index (χ0n) is 12.5. The van der Waals surface area contributed by atoms with Gasteiger partial charge >= 0.3 is 5.97 Å². The Kier molecular flexibility index (Phi) is 6.91. The van der Waals surface area contributed by atoms with E-state index in [-0.39, 0.29) is 23.1 Å². The first-order valence-corrected chi connectivity index (χ1v) is 8.22. The molecule has 2 aromatic rings. The number of ether oxygens (including phenoxy) is 1. The van der Waals surface area contributed by atoms with Crippen molar-refractivity contribution in [1.29, 1.82) is 0 Å². The van der Waals surface area contributed by atoms with E-state index in [0.717, 1.165) is 5.56 Å². The van der Waals surface area contributed by atoms with Gasteiger partial charge in [0.1, 0.15) is 0 Å². The lowest BCUT2D eigenvalue weighted by molar-refractivity contribution is -0.124. The molecule has 0 atom stereocenters. The second-order valence-corrected chi connectivity index (χ2v) is 6.18. The Morgan fingerprint density at radius 3 is 2.33 bits per heavy atom. The van der Waals surface area contributed by atoms with Crippen LogP contribution < -0.4 is 5.32 Å². The van der Waals surface area contributed by atoms with E-state index in [4.69, 9.17) is 39.5 Å². The summed E-state index contributed by atoms with van der Waals surface area (Å²) in [5.41, 5.74) is 1.28. The normalized spacial score (nSPS) is 10.3. The first-order chi connectivity index (χ1) is 11.5. The number of rotatable bonds is 6. The predicted octanol–water partition coefficient (Wildman–Crippen LogP) is 4.16. The molecule has 0 bridgehead atoms. The number of nitrogens with one attached hydrogen (secondary N) is 1. The van der Waals surface area contributed by atoms with Crippen molar-refractivity contribution < 1.29 is 14.3 Å². The molecule has 0 spiro atoms. The summed E-state index contributed by atoms with van der Waals surface area (Å²) >= 11 is 17.4. The van der Waals surface area contributed by atoms with Crippen molar-refractivity contribution in [1.82, 2.24) is 5.32 Å². The molecule has 1 amide bonds. The molecule has 0 heterocycles. The minimum atomic E-state index is -0.638. The van der Waals surface area contributed by atoms with Crippen LogP contribution >= 0.6 is 34.8 Å². The number of esters is 1. The SMILES string of the molecule is O=C(COC(=O)c1ccc(Cl)c(Cl)c1)NCCc1ccc(Cl)cc1. The van der Waals surface area contributed by atoms with Crippen LogP contribution in [0.5, 0.6) is 0 Å². The molecule has 0 saturated heterocycles. The van der Waals surface area contributed by atoms with Crippen molar-refractivity contribution in [3.05, 3.63) is 68.7 Å². The summed E-state index contributed by atoms with van der Waals surface area (Å²) in [6.07, 6.45) is 0.656. The summed E-state index contributed by atoms with van der Waals surface area (Å²) in [5.74, 6) is -1.02. The quantitative estimate of drug-likeness (QED) is 0.758. The van der Waals surface area contributed by atoms with Crippen LogP contribution in [0.15, 0.2) is 42.5 Å². The third-order valence-electron chi connectivity index (χ3n) is 3.14. The number of benzene rings is 2. The largest absolute Gasteiger partial charge is 0.452 e. The maximum atomic E-state index is 11.8. The summed E-state index contributed by atoms with van der Waals surface area (Å²) < 4.78 is 4.93.